The van der Waals surface area contributed by atoms with Crippen LogP contribution in [0.5, 0.6) is 0 Å². The molecule has 0 unspecified atom stereocenters. The second kappa shape index (κ2) is 8.23. The highest BCUT2D eigenvalue weighted by molar-refractivity contribution is 7.88. The Morgan fingerprint density at radius 3 is 2.58 bits per heavy atom. The minimum atomic E-state index is -3.55. The van der Waals surface area contributed by atoms with Crippen LogP contribution in [0.1, 0.15) is 17.5 Å². The number of rotatable bonds is 8. The number of sulfonamides is 1. The maximum Gasteiger partial charge on any atom is 0.269 e. The normalized spacial score (nSPS) is 11.4. The number of hydrogen-bond donors (Lipinski definition) is 1. The van der Waals surface area contributed by atoms with E-state index >= 15 is 0 Å². The van der Waals surface area contributed by atoms with Gasteiger partial charge in [0.2, 0.25) is 10.0 Å². The zero-order valence-electron chi connectivity index (χ0n) is 12.8. The Balaban J connectivity index is 1.86. The van der Waals surface area contributed by atoms with Crippen molar-refractivity contribution in [2.45, 2.75) is 18.6 Å². The number of hydrogen-bond acceptors (Lipinski definition) is 4. The first-order chi connectivity index (χ1) is 11.4. The van der Waals surface area contributed by atoms with Crippen molar-refractivity contribution in [1.82, 2.24) is 4.72 Å². The Hall–Kier alpha value is -1.96. The molecule has 128 valence electrons. The van der Waals surface area contributed by atoms with Crippen LogP contribution in [0.2, 0.25) is 5.02 Å². The third-order valence-corrected chi connectivity index (χ3v) is 5.11. The average Bonchev–Trinajstić information content (AvgIpc) is 2.53. The lowest BCUT2D eigenvalue weighted by atomic mass is 10.1. The third kappa shape index (κ3) is 5.59. The van der Waals surface area contributed by atoms with Gasteiger partial charge in [0.05, 0.1) is 10.7 Å². The first-order valence-corrected chi connectivity index (χ1v) is 9.34. The molecule has 0 saturated carbocycles. The Morgan fingerprint density at radius 1 is 1.12 bits per heavy atom. The molecule has 0 radical (unpaired) electrons. The van der Waals surface area contributed by atoms with Crippen molar-refractivity contribution in [3.63, 3.8) is 0 Å². The Kier molecular flexibility index (Phi) is 6.30. The minimum absolute atomic E-state index is 0.124. The van der Waals surface area contributed by atoms with E-state index in [4.69, 9.17) is 11.6 Å². The Morgan fingerprint density at radius 2 is 1.88 bits per heavy atom. The lowest BCUT2D eigenvalue weighted by molar-refractivity contribution is -0.384. The molecule has 0 amide bonds. The van der Waals surface area contributed by atoms with Gasteiger partial charge in [-0.25, -0.2) is 13.1 Å². The van der Waals surface area contributed by atoms with Crippen molar-refractivity contribution >= 4 is 27.3 Å². The number of nitrogens with zero attached hydrogens (tertiary/aromatic N) is 1. The first-order valence-electron chi connectivity index (χ1n) is 7.31. The van der Waals surface area contributed by atoms with Crippen molar-refractivity contribution in [1.29, 1.82) is 0 Å². The number of nitrogens with one attached hydrogen (secondary N) is 1. The van der Waals surface area contributed by atoms with Gasteiger partial charge < -0.3 is 0 Å². The highest BCUT2D eigenvalue weighted by Gasteiger charge is 2.13. The van der Waals surface area contributed by atoms with Gasteiger partial charge in [0.25, 0.3) is 5.69 Å². The number of aryl methyl sites for hydroxylation is 1. The molecular formula is C16H17ClN2O4S. The second-order valence-corrected chi connectivity index (χ2v) is 7.49. The van der Waals surface area contributed by atoms with Crippen molar-refractivity contribution in [3.8, 4) is 0 Å². The second-order valence-electron chi connectivity index (χ2n) is 5.28. The summed E-state index contributed by atoms with van der Waals surface area (Å²) in [6, 6.07) is 13.0. The van der Waals surface area contributed by atoms with Crippen LogP contribution in [-0.4, -0.2) is 19.9 Å². The zero-order chi connectivity index (χ0) is 17.6. The van der Waals surface area contributed by atoms with Crippen molar-refractivity contribution in [3.05, 3.63) is 74.8 Å². The van der Waals surface area contributed by atoms with Gasteiger partial charge in [0.1, 0.15) is 0 Å². The summed E-state index contributed by atoms with van der Waals surface area (Å²) < 4.78 is 26.6. The standard InChI is InChI=1S/C16H17ClN2O4S/c17-16-9-2-1-6-14(16)7-4-10-18-24(22,23)12-13-5-3-8-15(11-13)19(20)21/h1-3,5-6,8-9,11,18H,4,7,10,12H2. The molecule has 0 aromatic heterocycles. The highest BCUT2D eigenvalue weighted by Crippen LogP contribution is 2.17. The van der Waals surface area contributed by atoms with Crippen molar-refractivity contribution < 1.29 is 13.3 Å². The molecule has 24 heavy (non-hydrogen) atoms. The third-order valence-electron chi connectivity index (χ3n) is 3.38. The molecule has 0 bridgehead atoms. The fraction of sp³-hybridized carbons (Fsp3) is 0.250. The van der Waals surface area contributed by atoms with Crippen molar-refractivity contribution in [2.75, 3.05) is 6.54 Å². The minimum Gasteiger partial charge on any atom is -0.258 e. The van der Waals surface area contributed by atoms with E-state index in [0.717, 1.165) is 5.56 Å². The molecule has 1 N–H and O–H groups in total. The van der Waals surface area contributed by atoms with Gasteiger partial charge >= 0.3 is 0 Å². The molecule has 0 aliphatic heterocycles. The van der Waals surface area contributed by atoms with Crippen LogP contribution in [0.15, 0.2) is 48.5 Å². The van der Waals surface area contributed by atoms with Gasteiger partial charge in [-0.05, 0) is 30.0 Å². The van der Waals surface area contributed by atoms with E-state index in [-0.39, 0.29) is 18.0 Å². The number of halogens is 1. The first kappa shape index (κ1) is 18.4. The summed E-state index contributed by atoms with van der Waals surface area (Å²) in [6.07, 6.45) is 1.27. The molecule has 0 spiro atoms. The molecule has 8 heteroatoms. The van der Waals surface area contributed by atoms with Crippen LogP contribution < -0.4 is 4.72 Å². The van der Waals surface area contributed by atoms with Gasteiger partial charge in [-0.1, -0.05) is 41.9 Å². The molecule has 0 fully saturated rings. The number of nitro groups is 1. The number of benzene rings is 2. The molecule has 0 heterocycles. The SMILES string of the molecule is O=[N+]([O-])c1cccc(CS(=O)(=O)NCCCc2ccccc2Cl)c1. The van der Waals surface area contributed by atoms with Crippen LogP contribution in [0.25, 0.3) is 0 Å². The van der Waals surface area contributed by atoms with E-state index in [0.29, 0.717) is 23.4 Å². The van der Waals surface area contributed by atoms with Gasteiger partial charge in [-0.15, -0.1) is 0 Å². The quantitative estimate of drug-likeness (QED) is 0.439. The maximum absolute atomic E-state index is 12.1. The fourth-order valence-corrected chi connectivity index (χ4v) is 3.64. The average molecular weight is 369 g/mol. The van der Waals surface area contributed by atoms with Crippen LogP contribution >= 0.6 is 11.6 Å². The van der Waals surface area contributed by atoms with Crippen LogP contribution in [-0.2, 0) is 22.2 Å². The zero-order valence-corrected chi connectivity index (χ0v) is 14.4. The molecule has 2 rings (SSSR count). The summed E-state index contributed by atoms with van der Waals surface area (Å²) >= 11 is 6.05. The Bertz CT molecular complexity index is 824. The lowest BCUT2D eigenvalue weighted by Gasteiger charge is -2.08. The molecular weight excluding hydrogens is 352 g/mol. The fourth-order valence-electron chi connectivity index (χ4n) is 2.24. The number of nitro benzene ring substituents is 1. The largest absolute Gasteiger partial charge is 0.269 e. The maximum atomic E-state index is 12.1. The van der Waals surface area contributed by atoms with E-state index in [1.165, 1.54) is 18.2 Å². The summed E-state index contributed by atoms with van der Waals surface area (Å²) in [5, 5.41) is 11.4. The van der Waals surface area contributed by atoms with Gasteiger partial charge in [-0.3, -0.25) is 10.1 Å². The highest BCUT2D eigenvalue weighted by atomic mass is 35.5. The van der Waals surface area contributed by atoms with E-state index in [1.807, 2.05) is 18.2 Å². The molecule has 0 atom stereocenters. The topological polar surface area (TPSA) is 89.3 Å². The summed E-state index contributed by atoms with van der Waals surface area (Å²) in [7, 11) is -3.55. The predicted octanol–water partition coefficient (Wildman–Crippen LogP) is 3.30. The molecule has 2 aromatic rings. The molecule has 0 saturated heterocycles. The summed E-state index contributed by atoms with van der Waals surface area (Å²) in [6.45, 7) is 0.280. The van der Waals surface area contributed by atoms with Gasteiger partial charge in [0.15, 0.2) is 0 Å². The summed E-state index contributed by atoms with van der Waals surface area (Å²) in [5.41, 5.74) is 1.22. The van der Waals surface area contributed by atoms with E-state index in [1.54, 1.807) is 12.1 Å². The van der Waals surface area contributed by atoms with Gasteiger partial charge in [-0.2, -0.15) is 0 Å². The molecule has 0 aliphatic rings. The molecule has 6 nitrogen and oxygen atoms in total. The molecule has 2 aromatic carbocycles. The summed E-state index contributed by atoms with van der Waals surface area (Å²) in [5.74, 6) is -0.291. The summed E-state index contributed by atoms with van der Waals surface area (Å²) in [4.78, 5) is 10.2. The molecule has 0 aliphatic carbocycles. The predicted molar refractivity (Wildman–Crippen MR) is 93.5 cm³/mol. The van der Waals surface area contributed by atoms with Crippen LogP contribution in [0, 0.1) is 10.1 Å². The van der Waals surface area contributed by atoms with E-state index in [2.05, 4.69) is 4.72 Å². The van der Waals surface area contributed by atoms with Gasteiger partial charge in [0, 0.05) is 23.7 Å². The van der Waals surface area contributed by atoms with Crippen LogP contribution in [0.3, 0.4) is 0 Å². The number of non-ortho nitro benzene ring substituents is 1. The van der Waals surface area contributed by atoms with E-state index in [9.17, 15) is 18.5 Å². The Labute approximate surface area is 145 Å². The monoisotopic (exact) mass is 368 g/mol. The lowest BCUT2D eigenvalue weighted by Crippen LogP contribution is -2.26. The van der Waals surface area contributed by atoms with Crippen LogP contribution in [0.4, 0.5) is 5.69 Å². The smallest absolute Gasteiger partial charge is 0.258 e. The van der Waals surface area contributed by atoms with Crippen molar-refractivity contribution in [2.24, 2.45) is 0 Å². The van der Waals surface area contributed by atoms with E-state index < -0.39 is 14.9 Å².